The van der Waals surface area contributed by atoms with Crippen molar-refractivity contribution in [2.75, 3.05) is 6.61 Å². The van der Waals surface area contributed by atoms with E-state index in [9.17, 15) is 9.90 Å². The van der Waals surface area contributed by atoms with E-state index in [-0.39, 0.29) is 17.9 Å². The highest BCUT2D eigenvalue weighted by Gasteiger charge is 2.23. The van der Waals surface area contributed by atoms with Gasteiger partial charge in [0.25, 0.3) is 0 Å². The zero-order chi connectivity index (χ0) is 11.7. The Hall–Kier alpha value is -1.71. The van der Waals surface area contributed by atoms with Crippen LogP contribution in [0.15, 0.2) is 12.1 Å². The summed E-state index contributed by atoms with van der Waals surface area (Å²) in [6.07, 6.45) is 0.390. The van der Waals surface area contributed by atoms with Crippen LogP contribution < -0.4 is 5.32 Å². The lowest BCUT2D eigenvalue weighted by atomic mass is 9.93. The summed E-state index contributed by atoms with van der Waals surface area (Å²) in [5.74, 6) is 0.261. The maximum Gasteiger partial charge on any atom is 0.407 e. The molecule has 0 aliphatic carbocycles. The van der Waals surface area contributed by atoms with Gasteiger partial charge in [0, 0.05) is 6.42 Å². The van der Waals surface area contributed by atoms with Gasteiger partial charge in [0.15, 0.2) is 0 Å². The molecule has 16 heavy (non-hydrogen) atoms. The molecule has 0 radical (unpaired) electrons. The standard InChI is InChI=1S/C12H15NO3/c1-7-5-9(14)6-8(2)11(7)10-3-4-16-12(15)13-10/h5-6,10,14H,3-4H2,1-2H3,(H,13,15)/t10-/m1/s1. The van der Waals surface area contributed by atoms with Crippen LogP contribution in [0.3, 0.4) is 0 Å². The van der Waals surface area contributed by atoms with Crippen LogP contribution in [0.2, 0.25) is 0 Å². The van der Waals surface area contributed by atoms with Crippen LogP contribution in [0.5, 0.6) is 5.75 Å². The number of alkyl carbamates (subject to hydrolysis) is 1. The highest BCUT2D eigenvalue weighted by Crippen LogP contribution is 2.29. The SMILES string of the molecule is Cc1cc(O)cc(C)c1[C@H]1CCOC(=O)N1. The largest absolute Gasteiger partial charge is 0.508 e. The number of aromatic hydroxyl groups is 1. The minimum atomic E-state index is -0.372. The molecule has 1 aromatic rings. The molecule has 0 spiro atoms. The van der Waals surface area contributed by atoms with E-state index < -0.39 is 0 Å². The lowest BCUT2D eigenvalue weighted by Crippen LogP contribution is -2.36. The van der Waals surface area contributed by atoms with Crippen LogP contribution in [0.1, 0.15) is 29.2 Å². The molecule has 0 aromatic heterocycles. The number of benzene rings is 1. The number of hydrogen-bond acceptors (Lipinski definition) is 3. The molecule has 1 atom stereocenters. The van der Waals surface area contributed by atoms with Crippen molar-refractivity contribution >= 4 is 6.09 Å². The van der Waals surface area contributed by atoms with Gasteiger partial charge in [-0.1, -0.05) is 0 Å². The second kappa shape index (κ2) is 4.04. The van der Waals surface area contributed by atoms with E-state index in [1.165, 1.54) is 0 Å². The Kier molecular flexibility index (Phi) is 2.73. The Bertz CT molecular complexity index is 405. The lowest BCUT2D eigenvalue weighted by Gasteiger charge is -2.26. The first-order chi connectivity index (χ1) is 7.58. The fourth-order valence-electron chi connectivity index (χ4n) is 2.24. The van der Waals surface area contributed by atoms with E-state index in [4.69, 9.17) is 4.74 Å². The van der Waals surface area contributed by atoms with Gasteiger partial charge >= 0.3 is 6.09 Å². The number of carbonyl (C=O) groups is 1. The van der Waals surface area contributed by atoms with Gasteiger partial charge in [0.2, 0.25) is 0 Å². The summed E-state index contributed by atoms with van der Waals surface area (Å²) in [6.45, 7) is 4.31. The van der Waals surface area contributed by atoms with Gasteiger partial charge in [-0.2, -0.15) is 0 Å². The molecule has 86 valence electrons. The maximum atomic E-state index is 11.2. The first kappa shape index (κ1) is 10.8. The average molecular weight is 221 g/mol. The molecule has 4 nitrogen and oxygen atoms in total. The third-order valence-corrected chi connectivity index (χ3v) is 2.86. The van der Waals surface area contributed by atoms with Crippen LogP contribution in [0, 0.1) is 13.8 Å². The Morgan fingerprint density at radius 3 is 2.56 bits per heavy atom. The number of cyclic esters (lactones) is 1. The summed E-state index contributed by atoms with van der Waals surface area (Å²) in [5, 5.41) is 12.2. The molecule has 0 unspecified atom stereocenters. The van der Waals surface area contributed by atoms with E-state index in [1.54, 1.807) is 12.1 Å². The Morgan fingerprint density at radius 2 is 2.00 bits per heavy atom. The maximum absolute atomic E-state index is 11.2. The Labute approximate surface area is 94.2 Å². The summed E-state index contributed by atoms with van der Waals surface area (Å²) < 4.78 is 4.83. The number of amides is 1. The number of ether oxygens (including phenoxy) is 1. The van der Waals surface area contributed by atoms with Crippen LogP contribution in [0.4, 0.5) is 4.79 Å². The van der Waals surface area contributed by atoms with Crippen molar-refractivity contribution in [3.05, 3.63) is 28.8 Å². The van der Waals surface area contributed by atoms with Crippen molar-refractivity contribution in [3.63, 3.8) is 0 Å². The molecule has 4 heteroatoms. The van der Waals surface area contributed by atoms with E-state index in [1.807, 2.05) is 13.8 Å². The molecule has 1 heterocycles. The van der Waals surface area contributed by atoms with Crippen molar-refractivity contribution in [3.8, 4) is 5.75 Å². The Morgan fingerprint density at radius 1 is 1.38 bits per heavy atom. The highest BCUT2D eigenvalue weighted by molar-refractivity contribution is 5.69. The lowest BCUT2D eigenvalue weighted by molar-refractivity contribution is 0.115. The summed E-state index contributed by atoms with van der Waals surface area (Å²) in [6, 6.07) is 3.41. The van der Waals surface area contributed by atoms with E-state index in [2.05, 4.69) is 5.32 Å². The average Bonchev–Trinajstić information content (AvgIpc) is 2.15. The summed E-state index contributed by atoms with van der Waals surface area (Å²) >= 11 is 0. The number of carbonyl (C=O) groups excluding carboxylic acids is 1. The van der Waals surface area contributed by atoms with Crippen molar-refractivity contribution in [1.29, 1.82) is 0 Å². The molecule has 1 aromatic carbocycles. The molecule has 1 fully saturated rings. The Balaban J connectivity index is 2.35. The third-order valence-electron chi connectivity index (χ3n) is 2.86. The van der Waals surface area contributed by atoms with Crippen molar-refractivity contribution in [2.45, 2.75) is 26.3 Å². The van der Waals surface area contributed by atoms with Gasteiger partial charge in [-0.3, -0.25) is 0 Å². The van der Waals surface area contributed by atoms with E-state index in [0.717, 1.165) is 23.1 Å². The molecule has 1 aliphatic heterocycles. The second-order valence-electron chi connectivity index (χ2n) is 4.11. The van der Waals surface area contributed by atoms with Crippen LogP contribution in [-0.4, -0.2) is 17.8 Å². The van der Waals surface area contributed by atoms with Gasteiger partial charge in [-0.15, -0.1) is 0 Å². The van der Waals surface area contributed by atoms with Gasteiger partial charge in [0.05, 0.1) is 12.6 Å². The second-order valence-corrected chi connectivity index (χ2v) is 4.11. The van der Waals surface area contributed by atoms with Crippen LogP contribution >= 0.6 is 0 Å². The van der Waals surface area contributed by atoms with Crippen molar-refractivity contribution in [1.82, 2.24) is 5.32 Å². The van der Waals surface area contributed by atoms with Gasteiger partial charge in [-0.25, -0.2) is 4.79 Å². The normalized spacial score (nSPS) is 20.1. The molecular weight excluding hydrogens is 206 g/mol. The smallest absolute Gasteiger partial charge is 0.407 e. The summed E-state index contributed by atoms with van der Waals surface area (Å²) in [4.78, 5) is 11.2. The van der Waals surface area contributed by atoms with Gasteiger partial charge in [-0.05, 0) is 42.7 Å². The zero-order valence-corrected chi connectivity index (χ0v) is 9.41. The van der Waals surface area contributed by atoms with Gasteiger partial charge in [0.1, 0.15) is 5.75 Å². The molecule has 1 aliphatic rings. The zero-order valence-electron chi connectivity index (χ0n) is 9.41. The molecule has 1 saturated heterocycles. The number of aryl methyl sites for hydroxylation is 2. The monoisotopic (exact) mass is 221 g/mol. The number of phenols is 1. The number of nitrogens with one attached hydrogen (secondary N) is 1. The third kappa shape index (κ3) is 1.96. The molecule has 0 saturated carbocycles. The first-order valence-corrected chi connectivity index (χ1v) is 5.31. The van der Waals surface area contributed by atoms with Crippen molar-refractivity contribution in [2.24, 2.45) is 0 Å². The topological polar surface area (TPSA) is 58.6 Å². The fraction of sp³-hybridized carbons (Fsp3) is 0.417. The molecular formula is C12H15NO3. The molecule has 2 N–H and O–H groups in total. The minimum Gasteiger partial charge on any atom is -0.508 e. The predicted octanol–water partition coefficient (Wildman–Crippen LogP) is 2.18. The fourth-order valence-corrected chi connectivity index (χ4v) is 2.24. The quantitative estimate of drug-likeness (QED) is 0.764. The molecule has 2 rings (SSSR count). The van der Waals surface area contributed by atoms with E-state index >= 15 is 0 Å². The highest BCUT2D eigenvalue weighted by atomic mass is 16.5. The first-order valence-electron chi connectivity index (χ1n) is 5.31. The predicted molar refractivity (Wildman–Crippen MR) is 59.4 cm³/mol. The van der Waals surface area contributed by atoms with Gasteiger partial charge < -0.3 is 15.2 Å². The van der Waals surface area contributed by atoms with Crippen molar-refractivity contribution < 1.29 is 14.6 Å². The van der Waals surface area contributed by atoms with E-state index in [0.29, 0.717) is 6.61 Å². The molecule has 1 amide bonds. The van der Waals surface area contributed by atoms with Crippen LogP contribution in [-0.2, 0) is 4.74 Å². The number of phenolic OH excluding ortho intramolecular Hbond substituents is 1. The summed E-state index contributed by atoms with van der Waals surface area (Å²) in [5.41, 5.74) is 3.06. The minimum absolute atomic E-state index is 0.0122. The molecule has 0 bridgehead atoms. The number of hydrogen-bond donors (Lipinski definition) is 2. The van der Waals surface area contributed by atoms with Crippen LogP contribution in [0.25, 0.3) is 0 Å². The number of rotatable bonds is 1. The summed E-state index contributed by atoms with van der Waals surface area (Å²) in [7, 11) is 0.